The molecule has 114 valence electrons. The molecule has 0 atom stereocenters. The summed E-state index contributed by atoms with van der Waals surface area (Å²) in [5.41, 5.74) is 8.86. The average Bonchev–Trinajstić information content (AvgIpc) is 2.50. The Labute approximate surface area is 134 Å². The van der Waals surface area contributed by atoms with Crippen LogP contribution in [0.3, 0.4) is 0 Å². The van der Waals surface area contributed by atoms with Gasteiger partial charge in [0.25, 0.3) is 5.91 Å². The number of nitrogens with one attached hydrogen (secondary N) is 1. The predicted octanol–water partition coefficient (Wildman–Crippen LogP) is 3.21. The molecule has 22 heavy (non-hydrogen) atoms. The third-order valence-electron chi connectivity index (χ3n) is 3.30. The molecule has 2 amide bonds. The summed E-state index contributed by atoms with van der Waals surface area (Å²) >= 11 is 1.73. The maximum absolute atomic E-state index is 12.3. The topological polar surface area (TPSA) is 72.2 Å². The third kappa shape index (κ3) is 3.89. The Bertz CT molecular complexity index is 696. The van der Waals surface area contributed by atoms with Crippen LogP contribution in [0.4, 0.5) is 5.69 Å². The summed E-state index contributed by atoms with van der Waals surface area (Å²) < 4.78 is 0. The summed E-state index contributed by atoms with van der Waals surface area (Å²) in [6.45, 7) is 1.86. The number of anilines is 1. The highest BCUT2D eigenvalue weighted by molar-refractivity contribution is 7.97. The smallest absolute Gasteiger partial charge is 0.255 e. The molecule has 0 radical (unpaired) electrons. The van der Waals surface area contributed by atoms with Gasteiger partial charge in [0, 0.05) is 22.6 Å². The van der Waals surface area contributed by atoms with Crippen LogP contribution in [0, 0.1) is 6.92 Å². The molecule has 5 heteroatoms. The number of thioether (sulfide) groups is 1. The standard InChI is InChI=1S/C17H18N2O2S/c1-11-3-6-14(16(18)20)9-15(11)19-17(21)13-7-4-12(5-8-13)10-22-2/h3-9H,10H2,1-2H3,(H2,18,20)(H,19,21). The van der Waals surface area contributed by atoms with Gasteiger partial charge < -0.3 is 11.1 Å². The van der Waals surface area contributed by atoms with Gasteiger partial charge in [-0.15, -0.1) is 0 Å². The van der Waals surface area contributed by atoms with Crippen molar-refractivity contribution in [3.05, 3.63) is 64.7 Å². The van der Waals surface area contributed by atoms with Crippen molar-refractivity contribution in [2.24, 2.45) is 5.73 Å². The van der Waals surface area contributed by atoms with Gasteiger partial charge in [0.2, 0.25) is 5.91 Å². The molecule has 3 N–H and O–H groups in total. The number of carbonyl (C=O) groups is 2. The molecule has 0 aliphatic rings. The van der Waals surface area contributed by atoms with Crippen molar-refractivity contribution in [1.82, 2.24) is 0 Å². The molecule has 2 aromatic carbocycles. The van der Waals surface area contributed by atoms with Crippen molar-refractivity contribution >= 4 is 29.3 Å². The lowest BCUT2D eigenvalue weighted by atomic mass is 10.1. The van der Waals surface area contributed by atoms with E-state index in [1.54, 1.807) is 42.1 Å². The van der Waals surface area contributed by atoms with Crippen molar-refractivity contribution in [1.29, 1.82) is 0 Å². The minimum atomic E-state index is -0.517. The number of hydrogen-bond acceptors (Lipinski definition) is 3. The molecule has 0 aliphatic heterocycles. The lowest BCUT2D eigenvalue weighted by Gasteiger charge is -2.10. The summed E-state index contributed by atoms with van der Waals surface area (Å²) in [6.07, 6.45) is 2.04. The molecule has 0 aromatic heterocycles. The minimum absolute atomic E-state index is 0.208. The summed E-state index contributed by atoms with van der Waals surface area (Å²) in [5.74, 6) is 0.194. The van der Waals surface area contributed by atoms with E-state index < -0.39 is 5.91 Å². The largest absolute Gasteiger partial charge is 0.366 e. The number of nitrogens with two attached hydrogens (primary N) is 1. The Morgan fingerprint density at radius 2 is 1.73 bits per heavy atom. The molecule has 0 spiro atoms. The van der Waals surface area contributed by atoms with Crippen molar-refractivity contribution in [2.45, 2.75) is 12.7 Å². The number of hydrogen-bond donors (Lipinski definition) is 2. The van der Waals surface area contributed by atoms with E-state index in [0.29, 0.717) is 16.8 Å². The number of primary amides is 1. The van der Waals surface area contributed by atoms with Crippen LogP contribution >= 0.6 is 11.8 Å². The first kappa shape index (κ1) is 16.1. The fourth-order valence-corrected chi connectivity index (χ4v) is 2.55. The number of carbonyl (C=O) groups excluding carboxylic acids is 2. The molecule has 2 rings (SSSR count). The van der Waals surface area contributed by atoms with Crippen LogP contribution in [0.2, 0.25) is 0 Å². The first-order chi connectivity index (χ1) is 10.5. The van der Waals surface area contributed by atoms with E-state index in [-0.39, 0.29) is 5.91 Å². The van der Waals surface area contributed by atoms with Crippen LogP contribution < -0.4 is 11.1 Å². The highest BCUT2D eigenvalue weighted by atomic mass is 32.2. The first-order valence-electron chi connectivity index (χ1n) is 6.81. The van der Waals surface area contributed by atoms with E-state index in [9.17, 15) is 9.59 Å². The van der Waals surface area contributed by atoms with Gasteiger partial charge in [0.15, 0.2) is 0 Å². The summed E-state index contributed by atoms with van der Waals surface area (Å²) in [7, 11) is 0. The Morgan fingerprint density at radius 1 is 1.09 bits per heavy atom. The van der Waals surface area contributed by atoms with Gasteiger partial charge in [-0.3, -0.25) is 9.59 Å². The van der Waals surface area contributed by atoms with E-state index in [0.717, 1.165) is 11.3 Å². The second-order valence-electron chi connectivity index (χ2n) is 4.98. The molecule has 0 heterocycles. The summed E-state index contributed by atoms with van der Waals surface area (Å²) in [5, 5.41) is 2.82. The van der Waals surface area contributed by atoms with Gasteiger partial charge in [-0.05, 0) is 48.6 Å². The molecule has 0 unspecified atom stereocenters. The number of aryl methyl sites for hydroxylation is 1. The number of amides is 2. The zero-order valence-corrected chi connectivity index (χ0v) is 13.4. The van der Waals surface area contributed by atoms with E-state index in [1.165, 1.54) is 5.56 Å². The molecular formula is C17H18N2O2S. The maximum Gasteiger partial charge on any atom is 0.255 e. The monoisotopic (exact) mass is 314 g/mol. The van der Waals surface area contributed by atoms with E-state index in [2.05, 4.69) is 5.32 Å². The number of rotatable bonds is 5. The van der Waals surface area contributed by atoms with Gasteiger partial charge in [-0.2, -0.15) is 11.8 Å². The van der Waals surface area contributed by atoms with Gasteiger partial charge in [-0.25, -0.2) is 0 Å². The average molecular weight is 314 g/mol. The lowest BCUT2D eigenvalue weighted by Crippen LogP contribution is -2.15. The molecule has 0 bridgehead atoms. The van der Waals surface area contributed by atoms with Crippen LogP contribution in [0.15, 0.2) is 42.5 Å². The fourth-order valence-electron chi connectivity index (χ4n) is 2.02. The summed E-state index contributed by atoms with van der Waals surface area (Å²) in [6, 6.07) is 12.5. The van der Waals surface area contributed by atoms with Gasteiger partial charge in [0.1, 0.15) is 0 Å². The number of benzene rings is 2. The molecule has 0 fully saturated rings. The molecule has 2 aromatic rings. The van der Waals surface area contributed by atoms with Crippen molar-refractivity contribution in [3.8, 4) is 0 Å². The summed E-state index contributed by atoms with van der Waals surface area (Å²) in [4.78, 5) is 23.5. The van der Waals surface area contributed by atoms with Crippen molar-refractivity contribution < 1.29 is 9.59 Å². The zero-order chi connectivity index (χ0) is 16.1. The second kappa shape index (κ2) is 7.13. The highest BCUT2D eigenvalue weighted by Crippen LogP contribution is 2.18. The molecule has 0 saturated heterocycles. The normalized spacial score (nSPS) is 10.3. The quantitative estimate of drug-likeness (QED) is 0.890. The van der Waals surface area contributed by atoms with Crippen molar-refractivity contribution in [3.63, 3.8) is 0 Å². The predicted molar refractivity (Wildman–Crippen MR) is 91.3 cm³/mol. The van der Waals surface area contributed by atoms with Gasteiger partial charge in [0.05, 0.1) is 0 Å². The van der Waals surface area contributed by atoms with Gasteiger partial charge in [-0.1, -0.05) is 18.2 Å². The Morgan fingerprint density at radius 3 is 2.32 bits per heavy atom. The van der Waals surface area contributed by atoms with Crippen LogP contribution in [0.25, 0.3) is 0 Å². The second-order valence-corrected chi connectivity index (χ2v) is 5.84. The molecular weight excluding hydrogens is 296 g/mol. The van der Waals surface area contributed by atoms with E-state index >= 15 is 0 Å². The zero-order valence-electron chi connectivity index (χ0n) is 12.6. The fraction of sp³-hybridized carbons (Fsp3) is 0.176. The van der Waals surface area contributed by atoms with Crippen LogP contribution in [-0.4, -0.2) is 18.1 Å². The minimum Gasteiger partial charge on any atom is -0.366 e. The SMILES string of the molecule is CSCc1ccc(C(=O)Nc2cc(C(N)=O)ccc2C)cc1. The van der Waals surface area contributed by atoms with Crippen LogP contribution in [-0.2, 0) is 5.75 Å². The Balaban J connectivity index is 2.17. The Kier molecular flexibility index (Phi) is 5.22. The van der Waals surface area contributed by atoms with Crippen molar-refractivity contribution in [2.75, 3.05) is 11.6 Å². The lowest BCUT2D eigenvalue weighted by molar-refractivity contribution is 0.0996. The Hall–Kier alpha value is -2.27. The van der Waals surface area contributed by atoms with E-state index in [4.69, 9.17) is 5.73 Å². The van der Waals surface area contributed by atoms with E-state index in [1.807, 2.05) is 25.3 Å². The first-order valence-corrected chi connectivity index (χ1v) is 8.20. The maximum atomic E-state index is 12.3. The van der Waals surface area contributed by atoms with Crippen LogP contribution in [0.1, 0.15) is 31.8 Å². The molecule has 0 aliphatic carbocycles. The highest BCUT2D eigenvalue weighted by Gasteiger charge is 2.10. The molecule has 4 nitrogen and oxygen atoms in total. The van der Waals surface area contributed by atoms with Crippen LogP contribution in [0.5, 0.6) is 0 Å². The van der Waals surface area contributed by atoms with Gasteiger partial charge >= 0.3 is 0 Å². The molecule has 0 saturated carbocycles. The third-order valence-corrected chi connectivity index (χ3v) is 3.92.